The van der Waals surface area contributed by atoms with Gasteiger partial charge in [-0.25, -0.2) is 0 Å². The van der Waals surface area contributed by atoms with Gasteiger partial charge in [0.25, 0.3) is 0 Å². The number of hydrogen-bond acceptors (Lipinski definition) is 3. The predicted molar refractivity (Wildman–Crippen MR) is 41.2 cm³/mol. The molecule has 10 heavy (non-hydrogen) atoms. The van der Waals surface area contributed by atoms with Gasteiger partial charge < -0.3 is 10.6 Å². The van der Waals surface area contributed by atoms with Gasteiger partial charge in [0.2, 0.25) is 0 Å². The predicted octanol–water partition coefficient (Wildman–Crippen LogP) is 0.103. The van der Waals surface area contributed by atoms with Crippen molar-refractivity contribution >= 4 is 6.29 Å². The van der Waals surface area contributed by atoms with E-state index in [0.717, 1.165) is 0 Å². The van der Waals surface area contributed by atoms with Gasteiger partial charge in [0, 0.05) is 32.1 Å². The minimum atomic E-state index is 0.462. The molecule has 0 atom stereocenters. The highest BCUT2D eigenvalue weighted by Crippen LogP contribution is 1.85. The van der Waals surface area contributed by atoms with Crippen molar-refractivity contribution in [1.82, 2.24) is 4.90 Å². The molecular formula is C7H12N2O. The molecule has 0 radical (unpaired) electrons. The lowest BCUT2D eigenvalue weighted by molar-refractivity contribution is -0.104. The molecule has 0 heterocycles. The van der Waals surface area contributed by atoms with Crippen LogP contribution in [0, 0.1) is 0 Å². The van der Waals surface area contributed by atoms with Gasteiger partial charge in [-0.3, -0.25) is 4.79 Å². The minimum absolute atomic E-state index is 0.462. The van der Waals surface area contributed by atoms with E-state index in [0.29, 0.717) is 12.0 Å². The average Bonchev–Trinajstić information content (AvgIpc) is 1.85. The Kier molecular flexibility index (Phi) is 4.04. The lowest BCUT2D eigenvalue weighted by atomic mass is 10.4. The zero-order chi connectivity index (χ0) is 7.98. The van der Waals surface area contributed by atoms with Gasteiger partial charge in [0.15, 0.2) is 0 Å². The Labute approximate surface area is 60.8 Å². The second-order valence-corrected chi connectivity index (χ2v) is 2.08. The molecule has 0 aromatic carbocycles. The van der Waals surface area contributed by atoms with Gasteiger partial charge in [0.05, 0.1) is 0 Å². The van der Waals surface area contributed by atoms with Crippen LogP contribution in [-0.2, 0) is 4.79 Å². The Morgan fingerprint density at radius 3 is 2.50 bits per heavy atom. The highest BCUT2D eigenvalue weighted by atomic mass is 16.1. The fourth-order valence-electron chi connectivity index (χ4n) is 0.369. The molecule has 0 aromatic rings. The van der Waals surface area contributed by atoms with Crippen molar-refractivity contribution in [2.75, 3.05) is 14.1 Å². The Morgan fingerprint density at radius 2 is 2.10 bits per heavy atom. The maximum atomic E-state index is 9.86. The quantitative estimate of drug-likeness (QED) is 0.343. The number of allylic oxidation sites excluding steroid dienone is 2. The van der Waals surface area contributed by atoms with Gasteiger partial charge >= 0.3 is 0 Å². The number of carbonyl (C=O) groups is 1. The number of hydrogen-bond donors (Lipinski definition) is 1. The fraction of sp³-hybridized carbons (Fsp3) is 0.286. The van der Waals surface area contributed by atoms with Crippen molar-refractivity contribution in [2.24, 2.45) is 5.73 Å². The Balaban J connectivity index is 3.88. The highest BCUT2D eigenvalue weighted by Gasteiger charge is 1.79. The molecule has 0 saturated carbocycles. The van der Waals surface area contributed by atoms with Crippen LogP contribution in [0.25, 0.3) is 0 Å². The first-order valence-corrected chi connectivity index (χ1v) is 2.92. The van der Waals surface area contributed by atoms with Crippen molar-refractivity contribution in [1.29, 1.82) is 0 Å². The summed E-state index contributed by atoms with van der Waals surface area (Å²) in [5.74, 6) is 0. The summed E-state index contributed by atoms with van der Waals surface area (Å²) in [6, 6.07) is 0. The summed E-state index contributed by atoms with van der Waals surface area (Å²) >= 11 is 0. The van der Waals surface area contributed by atoms with E-state index >= 15 is 0 Å². The van der Waals surface area contributed by atoms with Crippen LogP contribution in [0.3, 0.4) is 0 Å². The van der Waals surface area contributed by atoms with Gasteiger partial charge in [-0.15, -0.1) is 0 Å². The van der Waals surface area contributed by atoms with Crippen molar-refractivity contribution in [3.05, 3.63) is 24.0 Å². The first-order valence-electron chi connectivity index (χ1n) is 2.92. The van der Waals surface area contributed by atoms with Crippen LogP contribution in [0.1, 0.15) is 0 Å². The van der Waals surface area contributed by atoms with Crippen molar-refractivity contribution < 1.29 is 4.79 Å². The number of carbonyl (C=O) groups excluding carboxylic acids is 1. The molecule has 0 amide bonds. The van der Waals surface area contributed by atoms with E-state index in [-0.39, 0.29) is 0 Å². The zero-order valence-corrected chi connectivity index (χ0v) is 6.24. The van der Waals surface area contributed by atoms with E-state index in [4.69, 9.17) is 5.73 Å². The number of nitrogens with two attached hydrogens (primary N) is 1. The molecule has 0 aliphatic heterocycles. The van der Waals surface area contributed by atoms with Crippen molar-refractivity contribution in [3.63, 3.8) is 0 Å². The highest BCUT2D eigenvalue weighted by molar-refractivity contribution is 5.66. The number of nitrogens with zero attached hydrogens (tertiary/aromatic N) is 1. The van der Waals surface area contributed by atoms with Gasteiger partial charge in [-0.2, -0.15) is 0 Å². The molecule has 0 fully saturated rings. The molecule has 0 aliphatic carbocycles. The Bertz CT molecular complexity index is 159. The molecule has 0 aromatic heterocycles. The summed E-state index contributed by atoms with van der Waals surface area (Å²) in [6.45, 7) is 0. The Hall–Kier alpha value is -1.25. The van der Waals surface area contributed by atoms with Crippen molar-refractivity contribution in [2.45, 2.75) is 0 Å². The lowest BCUT2D eigenvalue weighted by Crippen LogP contribution is -2.02. The van der Waals surface area contributed by atoms with E-state index in [1.165, 1.54) is 6.08 Å². The van der Waals surface area contributed by atoms with Crippen LogP contribution in [0.4, 0.5) is 0 Å². The molecular weight excluding hydrogens is 128 g/mol. The molecule has 2 N–H and O–H groups in total. The van der Waals surface area contributed by atoms with E-state index in [9.17, 15) is 4.79 Å². The maximum Gasteiger partial charge on any atom is 0.144 e. The zero-order valence-electron chi connectivity index (χ0n) is 6.24. The summed E-state index contributed by atoms with van der Waals surface area (Å²) in [6.07, 6.45) is 5.40. The van der Waals surface area contributed by atoms with Crippen LogP contribution in [-0.4, -0.2) is 25.3 Å². The summed E-state index contributed by atoms with van der Waals surface area (Å²) < 4.78 is 0. The van der Waals surface area contributed by atoms with Crippen LogP contribution in [0.5, 0.6) is 0 Å². The third kappa shape index (κ3) is 4.90. The largest absolute Gasteiger partial charge is 0.399 e. The van der Waals surface area contributed by atoms with Crippen LogP contribution < -0.4 is 5.73 Å². The lowest BCUT2D eigenvalue weighted by Gasteiger charge is -2.02. The van der Waals surface area contributed by atoms with Crippen LogP contribution in [0.2, 0.25) is 0 Å². The SMILES string of the molecule is CN(C)/C=C\C(N)=C/C=O. The van der Waals surface area contributed by atoms with E-state index in [2.05, 4.69) is 0 Å². The Morgan fingerprint density at radius 1 is 1.50 bits per heavy atom. The maximum absolute atomic E-state index is 9.86. The third-order valence-electron chi connectivity index (χ3n) is 0.826. The molecule has 0 aliphatic rings. The smallest absolute Gasteiger partial charge is 0.144 e. The molecule has 0 unspecified atom stereocenters. The average molecular weight is 140 g/mol. The molecule has 0 saturated heterocycles. The second-order valence-electron chi connectivity index (χ2n) is 2.08. The minimum Gasteiger partial charge on any atom is -0.399 e. The number of aldehydes is 1. The molecule has 3 nitrogen and oxygen atoms in total. The standard InChI is InChI=1S/C7H12N2O/c1-9(2)5-3-7(8)4-6-10/h3-6H,8H2,1-2H3/b5-3-,7-4+. The number of rotatable bonds is 3. The molecule has 56 valence electrons. The first kappa shape index (κ1) is 8.75. The second kappa shape index (κ2) is 4.61. The molecule has 0 spiro atoms. The van der Waals surface area contributed by atoms with Gasteiger partial charge in [-0.05, 0) is 6.08 Å². The fourth-order valence-corrected chi connectivity index (χ4v) is 0.369. The summed E-state index contributed by atoms with van der Waals surface area (Å²) in [5.41, 5.74) is 5.81. The summed E-state index contributed by atoms with van der Waals surface area (Å²) in [4.78, 5) is 11.7. The first-order chi connectivity index (χ1) is 4.66. The third-order valence-corrected chi connectivity index (χ3v) is 0.826. The van der Waals surface area contributed by atoms with E-state index < -0.39 is 0 Å². The van der Waals surface area contributed by atoms with E-state index in [1.54, 1.807) is 12.3 Å². The van der Waals surface area contributed by atoms with Crippen LogP contribution >= 0.6 is 0 Å². The molecule has 0 bridgehead atoms. The van der Waals surface area contributed by atoms with E-state index in [1.807, 2.05) is 19.0 Å². The monoisotopic (exact) mass is 140 g/mol. The molecule has 3 heteroatoms. The van der Waals surface area contributed by atoms with Crippen molar-refractivity contribution in [3.8, 4) is 0 Å². The summed E-state index contributed by atoms with van der Waals surface area (Å²) in [7, 11) is 3.76. The topological polar surface area (TPSA) is 46.3 Å². The summed E-state index contributed by atoms with van der Waals surface area (Å²) in [5, 5.41) is 0. The van der Waals surface area contributed by atoms with Crippen LogP contribution in [0.15, 0.2) is 24.0 Å². The normalized spacial score (nSPS) is 12.0. The molecule has 0 rings (SSSR count). The van der Waals surface area contributed by atoms with Gasteiger partial charge in [-0.1, -0.05) is 0 Å². The van der Waals surface area contributed by atoms with Gasteiger partial charge in [0.1, 0.15) is 6.29 Å².